The van der Waals surface area contributed by atoms with Crippen molar-refractivity contribution in [2.24, 2.45) is 7.05 Å². The van der Waals surface area contributed by atoms with E-state index in [9.17, 15) is 5.11 Å². The summed E-state index contributed by atoms with van der Waals surface area (Å²) in [6, 6.07) is 9.79. The van der Waals surface area contributed by atoms with Gasteiger partial charge in [-0.2, -0.15) is 10.2 Å². The van der Waals surface area contributed by atoms with Crippen LogP contribution >= 0.6 is 12.2 Å². The number of aromatic amines is 1. The molecule has 0 spiro atoms. The predicted octanol–water partition coefficient (Wildman–Crippen LogP) is 4.62. The van der Waals surface area contributed by atoms with E-state index in [1.165, 1.54) is 5.56 Å². The molecule has 4 rings (SSSR count). The Bertz CT molecular complexity index is 1220. The highest BCUT2D eigenvalue weighted by Gasteiger charge is 2.18. The van der Waals surface area contributed by atoms with Crippen LogP contribution in [0, 0.1) is 11.7 Å². The number of nitrogens with one attached hydrogen (secondary N) is 1. The number of H-pyrrole nitrogens is 1. The lowest BCUT2D eigenvalue weighted by Gasteiger charge is -2.14. The van der Waals surface area contributed by atoms with E-state index >= 15 is 0 Å². The summed E-state index contributed by atoms with van der Waals surface area (Å²) >= 11 is 5.48. The van der Waals surface area contributed by atoms with E-state index < -0.39 is 0 Å². The monoisotopic (exact) mass is 379 g/mol. The van der Waals surface area contributed by atoms with E-state index in [-0.39, 0.29) is 5.75 Å². The molecule has 0 unspecified atom stereocenters. The molecule has 0 aliphatic heterocycles. The zero-order valence-corrected chi connectivity index (χ0v) is 16.5. The summed E-state index contributed by atoms with van der Waals surface area (Å²) in [4.78, 5) is 0. The van der Waals surface area contributed by atoms with Crippen LogP contribution in [0.15, 0.2) is 36.5 Å². The van der Waals surface area contributed by atoms with Crippen LogP contribution in [0.5, 0.6) is 5.75 Å². The molecule has 0 amide bonds. The summed E-state index contributed by atoms with van der Waals surface area (Å²) in [5.74, 6) is 1.11. The lowest BCUT2D eigenvalue weighted by Crippen LogP contribution is -2.00. The summed E-state index contributed by atoms with van der Waals surface area (Å²) in [5, 5.41) is 23.2. The Labute approximate surface area is 162 Å². The van der Waals surface area contributed by atoms with E-state index in [1.54, 1.807) is 6.07 Å². The Kier molecular flexibility index (Phi) is 4.11. The lowest BCUT2D eigenvalue weighted by molar-refractivity contribution is 0.476. The van der Waals surface area contributed by atoms with Gasteiger partial charge in [0.15, 0.2) is 10.6 Å². The molecule has 0 aliphatic rings. The topological polar surface area (TPSA) is 71.7 Å². The number of aromatic nitrogens is 5. The van der Waals surface area contributed by atoms with Crippen LogP contribution in [0.4, 0.5) is 0 Å². The predicted molar refractivity (Wildman–Crippen MR) is 109 cm³/mol. The molecule has 2 aromatic heterocycles. The SMILES string of the molecule is Cc1cc(O)c(-c2n[nH]c(=S)n2-c2ccc3c(cnn3C)c2)cc1C(C)C. The van der Waals surface area contributed by atoms with Crippen LogP contribution in [0.1, 0.15) is 30.9 Å². The number of hydrogen-bond donors (Lipinski definition) is 2. The fraction of sp³-hybridized carbons (Fsp3) is 0.250. The number of fused-ring (bicyclic) bond motifs is 1. The normalized spacial score (nSPS) is 11.6. The lowest BCUT2D eigenvalue weighted by atomic mass is 9.95. The highest BCUT2D eigenvalue weighted by atomic mass is 32.1. The molecule has 4 aromatic rings. The first-order chi connectivity index (χ1) is 12.9. The van der Waals surface area contributed by atoms with Gasteiger partial charge in [0.2, 0.25) is 0 Å². The highest BCUT2D eigenvalue weighted by molar-refractivity contribution is 7.71. The van der Waals surface area contributed by atoms with Crippen LogP contribution in [-0.2, 0) is 7.05 Å². The van der Waals surface area contributed by atoms with Crippen molar-refractivity contribution in [1.82, 2.24) is 24.5 Å². The van der Waals surface area contributed by atoms with Crippen molar-refractivity contribution in [3.8, 4) is 22.8 Å². The van der Waals surface area contributed by atoms with Gasteiger partial charge in [0.1, 0.15) is 5.75 Å². The zero-order valence-electron chi connectivity index (χ0n) is 15.7. The van der Waals surface area contributed by atoms with Gasteiger partial charge in [0, 0.05) is 12.4 Å². The second-order valence-electron chi connectivity index (χ2n) is 7.08. The minimum absolute atomic E-state index is 0.189. The maximum absolute atomic E-state index is 10.6. The van der Waals surface area contributed by atoms with E-state index in [1.807, 2.05) is 53.7 Å². The Morgan fingerprint density at radius 3 is 2.70 bits per heavy atom. The van der Waals surface area contributed by atoms with Crippen LogP contribution in [-0.4, -0.2) is 29.7 Å². The van der Waals surface area contributed by atoms with E-state index in [0.29, 0.717) is 22.1 Å². The van der Waals surface area contributed by atoms with Gasteiger partial charge in [-0.1, -0.05) is 13.8 Å². The summed E-state index contributed by atoms with van der Waals surface area (Å²) in [6.45, 7) is 6.28. The van der Waals surface area contributed by atoms with Crippen molar-refractivity contribution in [2.75, 3.05) is 0 Å². The standard InChI is InChI=1S/C20H21N5OS/c1-11(2)15-9-16(18(26)7-12(15)3)19-22-23-20(27)25(19)14-5-6-17-13(8-14)10-21-24(17)4/h5-11,26H,1-4H3,(H,23,27). The average Bonchev–Trinajstić information content (AvgIpc) is 3.17. The number of hydrogen-bond acceptors (Lipinski definition) is 4. The Morgan fingerprint density at radius 2 is 1.96 bits per heavy atom. The third-order valence-electron chi connectivity index (χ3n) is 4.91. The maximum atomic E-state index is 10.6. The van der Waals surface area contributed by atoms with Gasteiger partial charge >= 0.3 is 0 Å². The van der Waals surface area contributed by atoms with Crippen molar-refractivity contribution in [3.63, 3.8) is 0 Å². The fourth-order valence-electron chi connectivity index (χ4n) is 3.52. The molecule has 0 radical (unpaired) electrons. The third kappa shape index (κ3) is 2.84. The summed E-state index contributed by atoms with van der Waals surface area (Å²) < 4.78 is 4.14. The van der Waals surface area contributed by atoms with Crippen LogP contribution in [0.2, 0.25) is 0 Å². The number of rotatable bonds is 3. The molecule has 0 aliphatic carbocycles. The molecule has 138 valence electrons. The number of phenolic OH excluding ortho intramolecular Hbond substituents is 1. The molecule has 2 N–H and O–H groups in total. The first-order valence-corrected chi connectivity index (χ1v) is 9.21. The molecule has 2 heterocycles. The van der Waals surface area contributed by atoms with Gasteiger partial charge < -0.3 is 5.11 Å². The zero-order chi connectivity index (χ0) is 19.3. The van der Waals surface area contributed by atoms with Gasteiger partial charge in [-0.15, -0.1) is 0 Å². The van der Waals surface area contributed by atoms with E-state index in [2.05, 4.69) is 29.1 Å². The van der Waals surface area contributed by atoms with Gasteiger partial charge in [-0.25, -0.2) is 0 Å². The molecule has 0 saturated carbocycles. The van der Waals surface area contributed by atoms with Crippen LogP contribution < -0.4 is 0 Å². The largest absolute Gasteiger partial charge is 0.507 e. The molecule has 6 nitrogen and oxygen atoms in total. The van der Waals surface area contributed by atoms with E-state index in [0.717, 1.165) is 22.2 Å². The fourth-order valence-corrected chi connectivity index (χ4v) is 3.76. The minimum atomic E-state index is 0.189. The summed E-state index contributed by atoms with van der Waals surface area (Å²) in [5.41, 5.74) is 4.79. The van der Waals surface area contributed by atoms with Crippen molar-refractivity contribution >= 4 is 23.1 Å². The summed E-state index contributed by atoms with van der Waals surface area (Å²) in [6.07, 6.45) is 1.82. The molecule has 7 heteroatoms. The molecular weight excluding hydrogens is 358 g/mol. The third-order valence-corrected chi connectivity index (χ3v) is 5.18. The molecule has 27 heavy (non-hydrogen) atoms. The number of phenols is 1. The number of aryl methyl sites for hydroxylation is 2. The quantitative estimate of drug-likeness (QED) is 0.510. The van der Waals surface area contributed by atoms with Gasteiger partial charge in [-0.05, 0) is 66.5 Å². The minimum Gasteiger partial charge on any atom is -0.507 e. The van der Waals surface area contributed by atoms with Gasteiger partial charge in [0.05, 0.1) is 23.0 Å². The first kappa shape index (κ1) is 17.5. The molecular formula is C20H21N5OS. The maximum Gasteiger partial charge on any atom is 0.200 e. The van der Waals surface area contributed by atoms with Crippen LogP contribution in [0.25, 0.3) is 28.0 Å². The highest BCUT2D eigenvalue weighted by Crippen LogP contribution is 2.35. The molecule has 0 bridgehead atoms. The van der Waals surface area contributed by atoms with Gasteiger partial charge in [0.25, 0.3) is 0 Å². The molecule has 0 saturated heterocycles. The van der Waals surface area contributed by atoms with Crippen LogP contribution in [0.3, 0.4) is 0 Å². The van der Waals surface area contributed by atoms with Crippen molar-refractivity contribution in [3.05, 3.63) is 52.4 Å². The second kappa shape index (κ2) is 6.35. The van der Waals surface area contributed by atoms with Crippen molar-refractivity contribution in [2.45, 2.75) is 26.7 Å². The summed E-state index contributed by atoms with van der Waals surface area (Å²) in [7, 11) is 1.91. The van der Waals surface area contributed by atoms with Crippen molar-refractivity contribution in [1.29, 1.82) is 0 Å². The number of nitrogens with zero attached hydrogens (tertiary/aromatic N) is 4. The molecule has 0 fully saturated rings. The Morgan fingerprint density at radius 1 is 1.19 bits per heavy atom. The molecule has 2 aromatic carbocycles. The van der Waals surface area contributed by atoms with E-state index in [4.69, 9.17) is 12.2 Å². The molecule has 0 atom stereocenters. The second-order valence-corrected chi connectivity index (χ2v) is 7.47. The Hall–Kier alpha value is -2.93. The Balaban J connectivity index is 1.94. The van der Waals surface area contributed by atoms with Gasteiger partial charge in [-0.3, -0.25) is 14.3 Å². The average molecular weight is 379 g/mol. The number of benzene rings is 2. The first-order valence-electron chi connectivity index (χ1n) is 8.80. The van der Waals surface area contributed by atoms with Crippen molar-refractivity contribution < 1.29 is 5.11 Å². The number of aromatic hydroxyl groups is 1. The smallest absolute Gasteiger partial charge is 0.200 e.